The van der Waals surface area contributed by atoms with E-state index in [0.717, 1.165) is 37.5 Å². The van der Waals surface area contributed by atoms with Gasteiger partial charge in [0.05, 0.1) is 6.54 Å². The van der Waals surface area contributed by atoms with E-state index in [1.807, 2.05) is 19.1 Å². The van der Waals surface area contributed by atoms with E-state index in [-0.39, 0.29) is 12.0 Å². The number of aliphatic hydroxyl groups is 1. The van der Waals surface area contributed by atoms with Crippen LogP contribution in [0.1, 0.15) is 38.2 Å². The van der Waals surface area contributed by atoms with Crippen molar-refractivity contribution in [2.24, 2.45) is 5.41 Å². The molecule has 0 bridgehead atoms. The lowest BCUT2D eigenvalue weighted by molar-refractivity contribution is 0.0851. The average molecular weight is 239 g/mol. The average Bonchev–Trinajstić information content (AvgIpc) is 2.64. The van der Waals surface area contributed by atoms with Crippen LogP contribution in [-0.4, -0.2) is 30.2 Å². The fraction of sp³-hybridized carbons (Fsp3) is 0.714. The van der Waals surface area contributed by atoms with Crippen LogP contribution in [0, 0.1) is 12.3 Å². The highest BCUT2D eigenvalue weighted by Gasteiger charge is 2.24. The molecule has 0 aliphatic heterocycles. The van der Waals surface area contributed by atoms with Crippen molar-refractivity contribution in [1.29, 1.82) is 0 Å². The summed E-state index contributed by atoms with van der Waals surface area (Å²) < 4.78 is 5.56. The molecule has 1 unspecified atom stereocenters. The maximum absolute atomic E-state index is 9.49. The van der Waals surface area contributed by atoms with Crippen molar-refractivity contribution in [3.63, 3.8) is 0 Å². The molecule has 0 fully saturated rings. The highest BCUT2D eigenvalue weighted by Crippen LogP contribution is 2.24. The molecule has 1 rings (SSSR count). The van der Waals surface area contributed by atoms with E-state index in [1.165, 1.54) is 0 Å². The monoisotopic (exact) mass is 239 g/mol. The first-order valence-electron chi connectivity index (χ1n) is 6.34. The second-order valence-corrected chi connectivity index (χ2v) is 5.40. The molecule has 1 atom stereocenters. The van der Waals surface area contributed by atoms with Gasteiger partial charge in [0.1, 0.15) is 11.5 Å². The predicted octanol–water partition coefficient (Wildman–Crippen LogP) is 2.82. The molecule has 3 heteroatoms. The van der Waals surface area contributed by atoms with Crippen molar-refractivity contribution in [3.8, 4) is 0 Å². The van der Waals surface area contributed by atoms with E-state index in [9.17, 15) is 5.11 Å². The quantitative estimate of drug-likeness (QED) is 0.795. The third-order valence-electron chi connectivity index (χ3n) is 3.11. The summed E-state index contributed by atoms with van der Waals surface area (Å²) in [6.07, 6.45) is 2.15. The minimum atomic E-state index is -0.00879. The molecule has 0 radical (unpaired) electrons. The molecule has 0 aliphatic rings. The molecule has 0 amide bonds. The minimum Gasteiger partial charge on any atom is -0.465 e. The Balaban J connectivity index is 2.50. The third-order valence-corrected chi connectivity index (χ3v) is 3.11. The van der Waals surface area contributed by atoms with E-state index in [4.69, 9.17) is 4.42 Å². The SMILES string of the molecule is CCCC(C)(CO)CN(C)Cc1ccc(C)o1. The molecule has 3 nitrogen and oxygen atoms in total. The number of hydrogen-bond acceptors (Lipinski definition) is 3. The maximum atomic E-state index is 9.49. The molecule has 1 heterocycles. The first kappa shape index (κ1) is 14.3. The Morgan fingerprint density at radius 1 is 1.41 bits per heavy atom. The van der Waals surface area contributed by atoms with Crippen molar-refractivity contribution in [1.82, 2.24) is 4.90 Å². The number of nitrogens with zero attached hydrogens (tertiary/aromatic N) is 1. The van der Waals surface area contributed by atoms with Gasteiger partial charge in [-0.3, -0.25) is 4.90 Å². The van der Waals surface area contributed by atoms with Crippen LogP contribution in [-0.2, 0) is 6.54 Å². The van der Waals surface area contributed by atoms with Crippen LogP contribution in [0.2, 0.25) is 0 Å². The van der Waals surface area contributed by atoms with E-state index < -0.39 is 0 Å². The van der Waals surface area contributed by atoms with Crippen LogP contribution in [0.3, 0.4) is 0 Å². The lowest BCUT2D eigenvalue weighted by Crippen LogP contribution is -2.35. The topological polar surface area (TPSA) is 36.6 Å². The van der Waals surface area contributed by atoms with Gasteiger partial charge in [-0.15, -0.1) is 0 Å². The normalized spacial score (nSPS) is 15.2. The molecule has 1 N–H and O–H groups in total. The zero-order valence-corrected chi connectivity index (χ0v) is 11.5. The molecule has 0 saturated carbocycles. The molecule has 1 aromatic heterocycles. The maximum Gasteiger partial charge on any atom is 0.118 e. The highest BCUT2D eigenvalue weighted by molar-refractivity contribution is 5.05. The summed E-state index contributed by atoms with van der Waals surface area (Å²) >= 11 is 0. The fourth-order valence-electron chi connectivity index (χ4n) is 2.36. The van der Waals surface area contributed by atoms with Gasteiger partial charge in [0.25, 0.3) is 0 Å². The molecular weight excluding hydrogens is 214 g/mol. The van der Waals surface area contributed by atoms with Gasteiger partial charge in [-0.2, -0.15) is 0 Å². The standard InChI is InChI=1S/C14H25NO2/c1-5-8-14(3,11-16)10-15(4)9-13-7-6-12(2)17-13/h6-7,16H,5,8-11H2,1-4H3. The molecule has 1 aromatic rings. The highest BCUT2D eigenvalue weighted by atomic mass is 16.3. The molecule has 17 heavy (non-hydrogen) atoms. The molecule has 0 spiro atoms. The van der Waals surface area contributed by atoms with Crippen molar-refractivity contribution in [2.45, 2.75) is 40.2 Å². The second-order valence-electron chi connectivity index (χ2n) is 5.40. The Labute approximate surface area is 104 Å². The van der Waals surface area contributed by atoms with Gasteiger partial charge in [0.2, 0.25) is 0 Å². The molecule has 0 saturated heterocycles. The number of furan rings is 1. The van der Waals surface area contributed by atoms with Crippen LogP contribution in [0.4, 0.5) is 0 Å². The van der Waals surface area contributed by atoms with Gasteiger partial charge in [-0.05, 0) is 32.5 Å². The Hall–Kier alpha value is -0.800. The zero-order valence-electron chi connectivity index (χ0n) is 11.5. The van der Waals surface area contributed by atoms with Crippen LogP contribution in [0.25, 0.3) is 0 Å². The van der Waals surface area contributed by atoms with E-state index >= 15 is 0 Å². The van der Waals surface area contributed by atoms with Crippen LogP contribution in [0.5, 0.6) is 0 Å². The Kier molecular flexibility index (Phi) is 5.22. The van der Waals surface area contributed by atoms with E-state index in [0.29, 0.717) is 0 Å². The van der Waals surface area contributed by atoms with Gasteiger partial charge in [-0.25, -0.2) is 0 Å². The first-order valence-corrected chi connectivity index (χ1v) is 6.34. The first-order chi connectivity index (χ1) is 7.99. The van der Waals surface area contributed by atoms with Crippen molar-refractivity contribution >= 4 is 0 Å². The molecule has 98 valence electrons. The van der Waals surface area contributed by atoms with E-state index in [1.54, 1.807) is 0 Å². The lowest BCUT2D eigenvalue weighted by atomic mass is 9.86. The van der Waals surface area contributed by atoms with Crippen LogP contribution >= 0.6 is 0 Å². The van der Waals surface area contributed by atoms with Gasteiger partial charge in [0, 0.05) is 18.6 Å². The number of aryl methyl sites for hydroxylation is 1. The van der Waals surface area contributed by atoms with Gasteiger partial charge in [0.15, 0.2) is 0 Å². The largest absolute Gasteiger partial charge is 0.465 e. The lowest BCUT2D eigenvalue weighted by Gasteiger charge is -2.31. The Morgan fingerprint density at radius 2 is 2.12 bits per heavy atom. The zero-order chi connectivity index (χ0) is 12.9. The third kappa shape index (κ3) is 4.52. The van der Waals surface area contributed by atoms with Gasteiger partial charge in [-0.1, -0.05) is 20.3 Å². The van der Waals surface area contributed by atoms with Gasteiger partial charge < -0.3 is 9.52 Å². The fourth-order valence-corrected chi connectivity index (χ4v) is 2.36. The van der Waals surface area contributed by atoms with Crippen molar-refractivity contribution in [2.75, 3.05) is 20.2 Å². The number of rotatable bonds is 7. The summed E-state index contributed by atoms with van der Waals surface area (Å²) in [4.78, 5) is 2.21. The van der Waals surface area contributed by atoms with E-state index in [2.05, 4.69) is 25.8 Å². The molecule has 0 aromatic carbocycles. The van der Waals surface area contributed by atoms with Crippen molar-refractivity contribution < 1.29 is 9.52 Å². The van der Waals surface area contributed by atoms with Crippen molar-refractivity contribution in [3.05, 3.63) is 23.7 Å². The summed E-state index contributed by atoms with van der Waals surface area (Å²) in [6, 6.07) is 4.00. The second kappa shape index (κ2) is 6.22. The minimum absolute atomic E-state index is 0.00879. The Morgan fingerprint density at radius 3 is 2.59 bits per heavy atom. The smallest absolute Gasteiger partial charge is 0.118 e. The molecule has 0 aliphatic carbocycles. The summed E-state index contributed by atoms with van der Waals surface area (Å²) in [6.45, 7) is 8.18. The van der Waals surface area contributed by atoms with Crippen LogP contribution < -0.4 is 0 Å². The summed E-state index contributed by atoms with van der Waals surface area (Å²) in [7, 11) is 2.07. The Bertz CT molecular complexity index is 335. The molecular formula is C14H25NO2. The number of aliphatic hydroxyl groups excluding tert-OH is 1. The summed E-state index contributed by atoms with van der Waals surface area (Å²) in [5, 5.41) is 9.49. The van der Waals surface area contributed by atoms with Crippen LogP contribution in [0.15, 0.2) is 16.5 Å². The van der Waals surface area contributed by atoms with Gasteiger partial charge >= 0.3 is 0 Å². The number of hydrogen-bond donors (Lipinski definition) is 1. The summed E-state index contributed by atoms with van der Waals surface area (Å²) in [5.41, 5.74) is -0.00879. The predicted molar refractivity (Wildman–Crippen MR) is 69.9 cm³/mol. The summed E-state index contributed by atoms with van der Waals surface area (Å²) in [5.74, 6) is 1.94.